The third-order valence-corrected chi connectivity index (χ3v) is 5.69. The predicted octanol–water partition coefficient (Wildman–Crippen LogP) is 6.01. The monoisotopic (exact) mass is 448 g/mol. The minimum absolute atomic E-state index is 0.0180. The molecule has 0 fully saturated rings. The zero-order valence-corrected chi connectivity index (χ0v) is 17.3. The molecule has 0 aliphatic carbocycles. The van der Waals surface area contributed by atoms with E-state index in [1.54, 1.807) is 42.5 Å². The summed E-state index contributed by atoms with van der Waals surface area (Å²) in [7, 11) is 0. The van der Waals surface area contributed by atoms with E-state index >= 15 is 0 Å². The van der Waals surface area contributed by atoms with Crippen LogP contribution in [0, 0.1) is 0 Å². The Morgan fingerprint density at radius 1 is 1.19 bits per heavy atom. The molecule has 4 rings (SSSR count). The predicted molar refractivity (Wildman–Crippen MR) is 114 cm³/mol. The lowest BCUT2D eigenvalue weighted by atomic mass is 9.97. The minimum atomic E-state index is -4.55. The van der Waals surface area contributed by atoms with Gasteiger partial charge in [-0.05, 0) is 29.7 Å². The van der Waals surface area contributed by atoms with E-state index in [2.05, 4.69) is 15.7 Å². The Kier molecular flexibility index (Phi) is 5.66. The summed E-state index contributed by atoms with van der Waals surface area (Å²) in [6.07, 6.45) is -3.97. The SMILES string of the molecule is CCc1ccc(NC(=O)c2nn3c(c2Cl)N[C@@H](c2ccccc2)C[C@H]3C(F)(F)F)cc1. The third kappa shape index (κ3) is 4.25. The first-order valence-corrected chi connectivity index (χ1v) is 10.2. The molecule has 2 aromatic carbocycles. The van der Waals surface area contributed by atoms with E-state index in [4.69, 9.17) is 11.6 Å². The molecule has 0 radical (unpaired) electrons. The number of rotatable bonds is 4. The van der Waals surface area contributed by atoms with Crippen LogP contribution in [0.4, 0.5) is 24.7 Å². The Bertz CT molecular complexity index is 1080. The number of carbonyl (C=O) groups is 1. The molecule has 2 N–H and O–H groups in total. The van der Waals surface area contributed by atoms with Gasteiger partial charge in [-0.25, -0.2) is 4.68 Å². The Balaban J connectivity index is 1.67. The molecular formula is C22H20ClF3N4O. The fourth-order valence-electron chi connectivity index (χ4n) is 3.65. The summed E-state index contributed by atoms with van der Waals surface area (Å²) in [4.78, 5) is 12.7. The van der Waals surface area contributed by atoms with Gasteiger partial charge < -0.3 is 10.6 Å². The minimum Gasteiger partial charge on any atom is -0.362 e. The number of aromatic nitrogens is 2. The van der Waals surface area contributed by atoms with Crippen molar-refractivity contribution in [3.05, 3.63) is 76.4 Å². The molecule has 162 valence electrons. The highest BCUT2D eigenvalue weighted by atomic mass is 35.5. The van der Waals surface area contributed by atoms with E-state index < -0.39 is 24.2 Å². The van der Waals surface area contributed by atoms with Gasteiger partial charge in [-0.2, -0.15) is 18.3 Å². The van der Waals surface area contributed by atoms with Crippen LogP contribution >= 0.6 is 11.6 Å². The summed E-state index contributed by atoms with van der Waals surface area (Å²) in [5.74, 6) is -0.689. The molecule has 2 atom stereocenters. The van der Waals surface area contributed by atoms with E-state index in [1.165, 1.54) is 0 Å². The van der Waals surface area contributed by atoms with Crippen LogP contribution in [-0.4, -0.2) is 21.9 Å². The number of benzene rings is 2. The summed E-state index contributed by atoms with van der Waals surface area (Å²) >= 11 is 6.35. The molecule has 2 heterocycles. The van der Waals surface area contributed by atoms with Crippen LogP contribution < -0.4 is 10.6 Å². The van der Waals surface area contributed by atoms with Crippen LogP contribution in [0.25, 0.3) is 0 Å². The number of nitrogens with zero attached hydrogens (tertiary/aromatic N) is 2. The lowest BCUT2D eigenvalue weighted by molar-refractivity contribution is -0.173. The molecule has 0 bridgehead atoms. The van der Waals surface area contributed by atoms with Crippen LogP contribution in [0.3, 0.4) is 0 Å². The second-order valence-electron chi connectivity index (χ2n) is 7.36. The maximum absolute atomic E-state index is 13.8. The largest absolute Gasteiger partial charge is 0.410 e. The molecule has 1 aliphatic heterocycles. The van der Waals surface area contributed by atoms with Crippen molar-refractivity contribution in [3.8, 4) is 0 Å². The van der Waals surface area contributed by atoms with Crippen LogP contribution in [0.2, 0.25) is 5.02 Å². The number of fused-ring (bicyclic) bond motifs is 1. The van der Waals surface area contributed by atoms with Crippen LogP contribution in [0.15, 0.2) is 54.6 Å². The second-order valence-corrected chi connectivity index (χ2v) is 7.74. The summed E-state index contributed by atoms with van der Waals surface area (Å²) in [6, 6.07) is 13.5. The fraction of sp³-hybridized carbons (Fsp3) is 0.273. The van der Waals surface area contributed by atoms with E-state index in [0.29, 0.717) is 11.3 Å². The smallest absolute Gasteiger partial charge is 0.362 e. The number of carbonyl (C=O) groups excluding carboxylic acids is 1. The highest BCUT2D eigenvalue weighted by Crippen LogP contribution is 2.46. The number of aryl methyl sites for hydroxylation is 1. The van der Waals surface area contributed by atoms with Gasteiger partial charge in [0.05, 0.1) is 6.04 Å². The summed E-state index contributed by atoms with van der Waals surface area (Å²) in [5.41, 5.74) is 2.04. The van der Waals surface area contributed by atoms with E-state index in [9.17, 15) is 18.0 Å². The first kappa shape index (κ1) is 21.2. The molecule has 0 unspecified atom stereocenters. The van der Waals surface area contributed by atoms with E-state index in [0.717, 1.165) is 16.7 Å². The highest BCUT2D eigenvalue weighted by Gasteiger charge is 2.47. The molecule has 1 aromatic heterocycles. The van der Waals surface area contributed by atoms with Crippen molar-refractivity contribution in [2.75, 3.05) is 10.6 Å². The number of amides is 1. The fourth-order valence-corrected chi connectivity index (χ4v) is 3.92. The zero-order valence-electron chi connectivity index (χ0n) is 16.6. The highest BCUT2D eigenvalue weighted by molar-refractivity contribution is 6.36. The van der Waals surface area contributed by atoms with Crippen molar-refractivity contribution in [1.82, 2.24) is 9.78 Å². The quantitative estimate of drug-likeness (QED) is 0.513. The van der Waals surface area contributed by atoms with Gasteiger partial charge in [-0.15, -0.1) is 0 Å². The van der Waals surface area contributed by atoms with Gasteiger partial charge in [0.15, 0.2) is 11.7 Å². The lowest BCUT2D eigenvalue weighted by Crippen LogP contribution is -2.35. The number of anilines is 2. The van der Waals surface area contributed by atoms with Gasteiger partial charge in [-0.3, -0.25) is 4.79 Å². The Morgan fingerprint density at radius 2 is 1.87 bits per heavy atom. The van der Waals surface area contributed by atoms with Gasteiger partial charge in [0.2, 0.25) is 0 Å². The number of alkyl halides is 3. The van der Waals surface area contributed by atoms with Gasteiger partial charge in [0, 0.05) is 12.1 Å². The maximum atomic E-state index is 13.8. The molecular weight excluding hydrogens is 429 g/mol. The van der Waals surface area contributed by atoms with Crippen LogP contribution in [0.5, 0.6) is 0 Å². The van der Waals surface area contributed by atoms with Gasteiger partial charge in [-0.1, -0.05) is 61.0 Å². The Hall–Kier alpha value is -3.00. The molecule has 1 amide bonds. The summed E-state index contributed by atoms with van der Waals surface area (Å²) < 4.78 is 42.3. The van der Waals surface area contributed by atoms with E-state index in [-0.39, 0.29) is 23.0 Å². The Labute approximate surface area is 182 Å². The zero-order chi connectivity index (χ0) is 22.2. The van der Waals surface area contributed by atoms with Crippen molar-refractivity contribution < 1.29 is 18.0 Å². The average Bonchev–Trinajstić information content (AvgIpc) is 3.10. The van der Waals surface area contributed by atoms with E-state index in [1.807, 2.05) is 19.1 Å². The second kappa shape index (κ2) is 8.26. The normalized spacial score (nSPS) is 18.2. The summed E-state index contributed by atoms with van der Waals surface area (Å²) in [5, 5.41) is 9.48. The first-order valence-electron chi connectivity index (χ1n) is 9.84. The van der Waals surface area contributed by atoms with Crippen LogP contribution in [0.1, 0.15) is 47.0 Å². The van der Waals surface area contributed by atoms with Crippen molar-refractivity contribution in [3.63, 3.8) is 0 Å². The van der Waals surface area contributed by atoms with Crippen molar-refractivity contribution in [2.24, 2.45) is 0 Å². The number of nitrogens with one attached hydrogen (secondary N) is 2. The molecule has 0 saturated carbocycles. The molecule has 5 nitrogen and oxygen atoms in total. The number of hydrogen-bond acceptors (Lipinski definition) is 3. The molecule has 31 heavy (non-hydrogen) atoms. The number of halogens is 4. The molecule has 0 saturated heterocycles. The van der Waals surface area contributed by atoms with Crippen molar-refractivity contribution >= 4 is 29.0 Å². The summed E-state index contributed by atoms with van der Waals surface area (Å²) in [6.45, 7) is 2.01. The standard InChI is InChI=1S/C22H20ClF3N4O/c1-2-13-8-10-15(11-9-13)27-21(31)19-18(23)20-28-16(14-6-4-3-5-7-14)12-17(22(24,25)26)30(20)29-19/h3-11,16-17,28H,2,12H2,1H3,(H,27,31)/t16-,17+/m1/s1. The van der Waals surface area contributed by atoms with Crippen LogP contribution in [-0.2, 0) is 6.42 Å². The average molecular weight is 449 g/mol. The van der Waals surface area contributed by atoms with Gasteiger partial charge in [0.1, 0.15) is 10.8 Å². The maximum Gasteiger partial charge on any atom is 0.410 e. The first-order chi connectivity index (χ1) is 14.8. The van der Waals surface area contributed by atoms with Crippen molar-refractivity contribution in [2.45, 2.75) is 38.0 Å². The Morgan fingerprint density at radius 3 is 2.48 bits per heavy atom. The third-order valence-electron chi connectivity index (χ3n) is 5.33. The van der Waals surface area contributed by atoms with Gasteiger partial charge >= 0.3 is 6.18 Å². The molecule has 9 heteroatoms. The molecule has 1 aliphatic rings. The van der Waals surface area contributed by atoms with Gasteiger partial charge in [0.25, 0.3) is 5.91 Å². The molecule has 0 spiro atoms. The lowest BCUT2D eigenvalue weighted by Gasteiger charge is -2.33. The number of hydrogen-bond donors (Lipinski definition) is 2. The topological polar surface area (TPSA) is 59.0 Å². The van der Waals surface area contributed by atoms with Crippen molar-refractivity contribution in [1.29, 1.82) is 0 Å². The molecule has 3 aromatic rings.